The van der Waals surface area contributed by atoms with E-state index in [4.69, 9.17) is 0 Å². The molecule has 0 amide bonds. The van der Waals surface area contributed by atoms with E-state index in [0.29, 0.717) is 10.6 Å². The highest BCUT2D eigenvalue weighted by Crippen LogP contribution is 2.40. The van der Waals surface area contributed by atoms with E-state index in [1.807, 2.05) is 17.6 Å². The molecule has 1 aromatic heterocycles. The van der Waals surface area contributed by atoms with E-state index in [0.717, 1.165) is 33.4 Å². The van der Waals surface area contributed by atoms with Crippen molar-refractivity contribution in [1.82, 2.24) is 9.55 Å². The highest BCUT2D eigenvalue weighted by Gasteiger charge is 2.24. The van der Waals surface area contributed by atoms with Crippen LogP contribution in [0.2, 0.25) is 0 Å². The van der Waals surface area contributed by atoms with Crippen molar-refractivity contribution >= 4 is 21.6 Å². The second kappa shape index (κ2) is 5.71. The highest BCUT2D eigenvalue weighted by molar-refractivity contribution is 7.98. The summed E-state index contributed by atoms with van der Waals surface area (Å²) in [7, 11) is -3.26. The molecule has 2 heterocycles. The Morgan fingerprint density at radius 1 is 1.16 bits per heavy atom. The fraction of sp³-hybridized carbons (Fsp3) is 0.167. The van der Waals surface area contributed by atoms with Gasteiger partial charge in [-0.25, -0.2) is 17.8 Å². The first kappa shape index (κ1) is 16.4. The number of rotatable bonds is 2. The maximum atomic E-state index is 13.3. The third-order valence-electron chi connectivity index (χ3n) is 4.20. The summed E-state index contributed by atoms with van der Waals surface area (Å²) in [5.41, 5.74) is 3.55. The summed E-state index contributed by atoms with van der Waals surface area (Å²) in [5.74, 6) is 1.28. The SMILES string of the molecule is Cc1nc2n(c1-c1ccc(F)cc1)-c1ccc(S(C)(=O)=O)cc1SC2. The lowest BCUT2D eigenvalue weighted by atomic mass is 10.1. The predicted molar refractivity (Wildman–Crippen MR) is 96.4 cm³/mol. The van der Waals surface area contributed by atoms with Gasteiger partial charge in [-0.05, 0) is 49.4 Å². The van der Waals surface area contributed by atoms with Crippen LogP contribution in [0.1, 0.15) is 11.5 Å². The maximum absolute atomic E-state index is 13.3. The van der Waals surface area contributed by atoms with Crippen molar-refractivity contribution < 1.29 is 12.8 Å². The van der Waals surface area contributed by atoms with Gasteiger partial charge in [-0.3, -0.25) is 4.57 Å². The zero-order valence-corrected chi connectivity index (χ0v) is 15.3. The molecular weight excluding hydrogens is 359 g/mol. The van der Waals surface area contributed by atoms with Crippen LogP contribution in [0.3, 0.4) is 0 Å². The smallest absolute Gasteiger partial charge is 0.175 e. The van der Waals surface area contributed by atoms with Gasteiger partial charge in [-0.1, -0.05) is 0 Å². The fourth-order valence-electron chi connectivity index (χ4n) is 3.06. The lowest BCUT2D eigenvalue weighted by Gasteiger charge is -2.21. The molecule has 0 saturated heterocycles. The molecule has 4 nitrogen and oxygen atoms in total. The molecule has 25 heavy (non-hydrogen) atoms. The first-order chi connectivity index (χ1) is 11.8. The Morgan fingerprint density at radius 2 is 1.88 bits per heavy atom. The Bertz CT molecular complexity index is 1090. The van der Waals surface area contributed by atoms with Crippen molar-refractivity contribution in [3.8, 4) is 16.9 Å². The van der Waals surface area contributed by atoms with Crippen molar-refractivity contribution in [2.24, 2.45) is 0 Å². The number of halogens is 1. The number of hydrogen-bond acceptors (Lipinski definition) is 4. The molecule has 1 aliphatic rings. The molecule has 0 N–H and O–H groups in total. The van der Waals surface area contributed by atoms with Crippen molar-refractivity contribution in [3.63, 3.8) is 0 Å². The first-order valence-electron chi connectivity index (χ1n) is 7.66. The summed E-state index contributed by atoms with van der Waals surface area (Å²) in [6.07, 6.45) is 1.21. The average Bonchev–Trinajstić information content (AvgIpc) is 2.90. The molecule has 7 heteroatoms. The average molecular weight is 374 g/mol. The normalized spacial score (nSPS) is 13.4. The van der Waals surface area contributed by atoms with Crippen molar-refractivity contribution in [2.45, 2.75) is 22.5 Å². The van der Waals surface area contributed by atoms with E-state index >= 15 is 0 Å². The van der Waals surface area contributed by atoms with Crippen LogP contribution in [0.25, 0.3) is 16.9 Å². The van der Waals surface area contributed by atoms with Crippen LogP contribution in [-0.4, -0.2) is 24.2 Å². The summed E-state index contributed by atoms with van der Waals surface area (Å²) in [6.45, 7) is 1.93. The van der Waals surface area contributed by atoms with E-state index in [1.165, 1.54) is 18.4 Å². The number of aryl methyl sites for hydroxylation is 1. The quantitative estimate of drug-likeness (QED) is 0.680. The van der Waals surface area contributed by atoms with Crippen LogP contribution in [-0.2, 0) is 15.6 Å². The molecule has 0 bridgehead atoms. The number of sulfone groups is 1. The zero-order valence-electron chi connectivity index (χ0n) is 13.7. The second-order valence-corrected chi connectivity index (χ2v) is 9.03. The number of nitrogens with zero attached hydrogens (tertiary/aromatic N) is 2. The van der Waals surface area contributed by atoms with Crippen molar-refractivity contribution in [3.05, 3.63) is 59.8 Å². The molecule has 128 valence electrons. The highest BCUT2D eigenvalue weighted by atomic mass is 32.2. The zero-order chi connectivity index (χ0) is 17.8. The molecule has 0 aliphatic carbocycles. The number of benzene rings is 2. The van der Waals surface area contributed by atoms with E-state index < -0.39 is 9.84 Å². The second-order valence-electron chi connectivity index (χ2n) is 5.99. The van der Waals surface area contributed by atoms with E-state index in [9.17, 15) is 12.8 Å². The predicted octanol–water partition coefficient (Wildman–Crippen LogP) is 4.00. The minimum atomic E-state index is -3.26. The largest absolute Gasteiger partial charge is 0.294 e. The Labute approximate surface area is 149 Å². The van der Waals surface area contributed by atoms with Gasteiger partial charge in [0.25, 0.3) is 0 Å². The Morgan fingerprint density at radius 3 is 2.56 bits per heavy atom. The van der Waals surface area contributed by atoms with Crippen LogP contribution in [0, 0.1) is 12.7 Å². The number of fused-ring (bicyclic) bond motifs is 3. The molecule has 2 aromatic carbocycles. The minimum Gasteiger partial charge on any atom is -0.294 e. The molecule has 0 radical (unpaired) electrons. The lowest BCUT2D eigenvalue weighted by Crippen LogP contribution is -2.09. The Kier molecular flexibility index (Phi) is 3.73. The van der Waals surface area contributed by atoms with Crippen LogP contribution in [0.15, 0.2) is 52.3 Å². The van der Waals surface area contributed by atoms with Crippen molar-refractivity contribution in [1.29, 1.82) is 0 Å². The molecule has 3 aromatic rings. The summed E-state index contributed by atoms with van der Waals surface area (Å²) in [4.78, 5) is 5.86. The summed E-state index contributed by atoms with van der Waals surface area (Å²) >= 11 is 1.57. The monoisotopic (exact) mass is 374 g/mol. The molecular formula is C18H15FN2O2S2. The maximum Gasteiger partial charge on any atom is 0.175 e. The standard InChI is InChI=1S/C18H15FN2O2S2/c1-11-18(12-3-5-13(19)6-4-12)21-15-8-7-14(25(2,22)23)9-16(15)24-10-17(21)20-11/h3-9H,10H2,1-2H3. The van der Waals surface area contributed by atoms with Gasteiger partial charge in [0, 0.05) is 16.7 Å². The topological polar surface area (TPSA) is 52.0 Å². The van der Waals surface area contributed by atoms with E-state index in [1.54, 1.807) is 36.0 Å². The third-order valence-corrected chi connectivity index (χ3v) is 6.35. The molecule has 0 fully saturated rings. The van der Waals surface area contributed by atoms with Gasteiger partial charge in [-0.2, -0.15) is 0 Å². The summed E-state index contributed by atoms with van der Waals surface area (Å²) < 4.78 is 39.0. The van der Waals surface area contributed by atoms with E-state index in [-0.39, 0.29) is 5.82 Å². The van der Waals surface area contributed by atoms with Gasteiger partial charge >= 0.3 is 0 Å². The fourth-order valence-corrected chi connectivity index (χ4v) is 4.77. The van der Waals surface area contributed by atoms with Gasteiger partial charge < -0.3 is 0 Å². The first-order valence-corrected chi connectivity index (χ1v) is 10.5. The van der Waals surface area contributed by atoms with Gasteiger partial charge in [0.1, 0.15) is 11.6 Å². The minimum absolute atomic E-state index is 0.284. The van der Waals surface area contributed by atoms with Gasteiger partial charge in [0.2, 0.25) is 0 Å². The van der Waals surface area contributed by atoms with Crippen LogP contribution in [0.5, 0.6) is 0 Å². The number of imidazole rings is 1. The Hall–Kier alpha value is -2.12. The van der Waals surface area contributed by atoms with Crippen molar-refractivity contribution in [2.75, 3.05) is 6.26 Å². The van der Waals surface area contributed by atoms with Gasteiger partial charge in [0.15, 0.2) is 9.84 Å². The molecule has 0 saturated carbocycles. The Balaban J connectivity index is 1.94. The number of aromatic nitrogens is 2. The molecule has 0 unspecified atom stereocenters. The van der Waals surface area contributed by atoms with Crippen LogP contribution >= 0.6 is 11.8 Å². The van der Waals surface area contributed by atoms with Gasteiger partial charge in [-0.15, -0.1) is 11.8 Å². The lowest BCUT2D eigenvalue weighted by molar-refractivity contribution is 0.601. The molecule has 1 aliphatic heterocycles. The molecule has 0 atom stereocenters. The van der Waals surface area contributed by atoms with Crippen LogP contribution in [0.4, 0.5) is 4.39 Å². The summed E-state index contributed by atoms with van der Waals surface area (Å²) in [6, 6.07) is 11.5. The number of thioether (sulfide) groups is 1. The third kappa shape index (κ3) is 2.77. The molecule has 0 spiro atoms. The summed E-state index contributed by atoms with van der Waals surface area (Å²) in [5, 5.41) is 0. The van der Waals surface area contributed by atoms with Crippen LogP contribution < -0.4 is 0 Å². The number of hydrogen-bond donors (Lipinski definition) is 0. The van der Waals surface area contributed by atoms with Gasteiger partial charge in [0.05, 0.1) is 27.7 Å². The van der Waals surface area contributed by atoms with E-state index in [2.05, 4.69) is 4.98 Å². The molecule has 4 rings (SSSR count).